The van der Waals surface area contributed by atoms with Crippen molar-refractivity contribution in [1.29, 1.82) is 0 Å². The van der Waals surface area contributed by atoms with Crippen LogP contribution < -0.4 is 10.6 Å². The van der Waals surface area contributed by atoms with Gasteiger partial charge in [-0.1, -0.05) is 66.2 Å². The Morgan fingerprint density at radius 2 is 1.48 bits per heavy atom. The number of aromatic nitrogens is 2. The fraction of sp³-hybridized carbons (Fsp3) is 0.148. The average Bonchev–Trinajstić information content (AvgIpc) is 3.27. The fourth-order valence-electron chi connectivity index (χ4n) is 3.88. The molecular formula is C27H26N4O2. The molecule has 0 spiro atoms. The maximum atomic E-state index is 13.1. The van der Waals surface area contributed by atoms with Crippen molar-refractivity contribution in [2.45, 2.75) is 20.8 Å². The number of hydrogen-bond donors (Lipinski definition) is 2. The lowest BCUT2D eigenvalue weighted by molar-refractivity contribution is -0.115. The van der Waals surface area contributed by atoms with Gasteiger partial charge in [-0.2, -0.15) is 5.10 Å². The molecule has 6 heteroatoms. The fourth-order valence-corrected chi connectivity index (χ4v) is 3.88. The van der Waals surface area contributed by atoms with E-state index in [0.29, 0.717) is 11.3 Å². The first-order valence-corrected chi connectivity index (χ1v) is 10.8. The van der Waals surface area contributed by atoms with Gasteiger partial charge in [0.2, 0.25) is 5.91 Å². The zero-order valence-corrected chi connectivity index (χ0v) is 18.9. The van der Waals surface area contributed by atoms with E-state index in [-0.39, 0.29) is 18.4 Å². The van der Waals surface area contributed by atoms with Crippen LogP contribution in [0.25, 0.3) is 16.9 Å². The summed E-state index contributed by atoms with van der Waals surface area (Å²) >= 11 is 0. The zero-order valence-electron chi connectivity index (χ0n) is 18.9. The van der Waals surface area contributed by atoms with Crippen LogP contribution in [0.3, 0.4) is 0 Å². The van der Waals surface area contributed by atoms with Gasteiger partial charge in [-0.05, 0) is 44.0 Å². The van der Waals surface area contributed by atoms with Gasteiger partial charge in [0.25, 0.3) is 5.91 Å². The SMILES string of the molecule is Cc1cc(C)c(NC(=O)CNC(=O)c2cn(-c3ccccc3)nc2-c2ccccc2)c(C)c1. The van der Waals surface area contributed by atoms with Crippen LogP contribution in [0.5, 0.6) is 0 Å². The topological polar surface area (TPSA) is 76.0 Å². The van der Waals surface area contributed by atoms with Crippen molar-refractivity contribution in [3.63, 3.8) is 0 Å². The molecule has 0 aliphatic rings. The van der Waals surface area contributed by atoms with Crippen LogP contribution in [-0.2, 0) is 4.79 Å². The highest BCUT2D eigenvalue weighted by molar-refractivity contribution is 6.03. The van der Waals surface area contributed by atoms with E-state index in [9.17, 15) is 9.59 Å². The number of hydrogen-bond acceptors (Lipinski definition) is 3. The lowest BCUT2D eigenvalue weighted by Gasteiger charge is -2.13. The Morgan fingerprint density at radius 1 is 0.879 bits per heavy atom. The highest BCUT2D eigenvalue weighted by atomic mass is 16.2. The second kappa shape index (κ2) is 9.53. The minimum Gasteiger partial charge on any atom is -0.343 e. The van der Waals surface area contributed by atoms with Crippen molar-refractivity contribution in [3.05, 3.63) is 101 Å². The van der Waals surface area contributed by atoms with Crippen LogP contribution >= 0.6 is 0 Å². The number of para-hydroxylation sites is 1. The molecule has 4 rings (SSSR count). The molecule has 1 aromatic heterocycles. The van der Waals surface area contributed by atoms with E-state index in [1.54, 1.807) is 10.9 Å². The minimum atomic E-state index is -0.358. The molecule has 33 heavy (non-hydrogen) atoms. The number of anilines is 1. The summed E-state index contributed by atoms with van der Waals surface area (Å²) in [5.41, 5.74) is 6.53. The quantitative estimate of drug-likeness (QED) is 0.453. The standard InChI is InChI=1S/C27H26N4O2/c1-18-14-19(2)25(20(3)15-18)29-24(32)16-28-27(33)23-17-31(22-12-8-5-9-13-22)30-26(23)21-10-6-4-7-11-21/h4-15,17H,16H2,1-3H3,(H,28,33)(H,29,32). The molecule has 4 aromatic rings. The van der Waals surface area contributed by atoms with Gasteiger partial charge in [0.05, 0.1) is 17.8 Å². The summed E-state index contributed by atoms with van der Waals surface area (Å²) in [6, 6.07) is 23.2. The van der Waals surface area contributed by atoms with Crippen molar-refractivity contribution < 1.29 is 9.59 Å². The molecule has 0 bridgehead atoms. The summed E-state index contributed by atoms with van der Waals surface area (Å²) in [6.45, 7) is 5.79. The van der Waals surface area contributed by atoms with Crippen molar-refractivity contribution in [2.24, 2.45) is 0 Å². The molecule has 3 aromatic carbocycles. The zero-order chi connectivity index (χ0) is 23.4. The minimum absolute atomic E-state index is 0.143. The lowest BCUT2D eigenvalue weighted by atomic mass is 10.1. The van der Waals surface area contributed by atoms with Crippen LogP contribution in [0.2, 0.25) is 0 Å². The van der Waals surface area contributed by atoms with Crippen LogP contribution in [0, 0.1) is 20.8 Å². The van der Waals surface area contributed by atoms with E-state index in [2.05, 4.69) is 15.7 Å². The number of nitrogens with zero attached hydrogens (tertiary/aromatic N) is 2. The monoisotopic (exact) mass is 438 g/mol. The highest BCUT2D eigenvalue weighted by Crippen LogP contribution is 2.24. The van der Waals surface area contributed by atoms with Gasteiger partial charge in [-0.15, -0.1) is 0 Å². The molecular weight excluding hydrogens is 412 g/mol. The van der Waals surface area contributed by atoms with E-state index in [4.69, 9.17) is 0 Å². The summed E-state index contributed by atoms with van der Waals surface area (Å²) in [5, 5.41) is 10.3. The molecule has 2 N–H and O–H groups in total. The maximum Gasteiger partial charge on any atom is 0.255 e. The first kappa shape index (κ1) is 22.0. The van der Waals surface area contributed by atoms with Gasteiger partial charge in [-0.3, -0.25) is 9.59 Å². The van der Waals surface area contributed by atoms with Crippen molar-refractivity contribution >= 4 is 17.5 Å². The molecule has 1 heterocycles. The molecule has 0 atom stereocenters. The first-order valence-electron chi connectivity index (χ1n) is 10.8. The highest BCUT2D eigenvalue weighted by Gasteiger charge is 2.19. The van der Waals surface area contributed by atoms with Gasteiger partial charge >= 0.3 is 0 Å². The molecule has 0 saturated heterocycles. The second-order valence-electron chi connectivity index (χ2n) is 8.04. The Balaban J connectivity index is 1.54. The van der Waals surface area contributed by atoms with Crippen LogP contribution in [0.15, 0.2) is 79.0 Å². The molecule has 0 radical (unpaired) electrons. The number of carbonyl (C=O) groups is 2. The molecule has 0 unspecified atom stereocenters. The molecule has 6 nitrogen and oxygen atoms in total. The predicted molar refractivity (Wildman–Crippen MR) is 131 cm³/mol. The molecule has 0 saturated carbocycles. The third-order valence-electron chi connectivity index (χ3n) is 5.38. The van der Waals surface area contributed by atoms with Crippen molar-refractivity contribution in [3.8, 4) is 16.9 Å². The van der Waals surface area contributed by atoms with Gasteiger partial charge in [0.15, 0.2) is 0 Å². The van der Waals surface area contributed by atoms with Gasteiger partial charge in [0, 0.05) is 17.4 Å². The number of aryl methyl sites for hydroxylation is 3. The Morgan fingerprint density at radius 3 is 2.12 bits per heavy atom. The van der Waals surface area contributed by atoms with E-state index in [1.807, 2.05) is 93.6 Å². The third kappa shape index (κ3) is 5.01. The summed E-state index contributed by atoms with van der Waals surface area (Å²) in [5.74, 6) is -0.640. The number of amides is 2. The van der Waals surface area contributed by atoms with Gasteiger partial charge in [-0.25, -0.2) is 4.68 Å². The molecule has 166 valence electrons. The average molecular weight is 439 g/mol. The third-order valence-corrected chi connectivity index (χ3v) is 5.38. The number of nitrogens with one attached hydrogen (secondary N) is 2. The lowest BCUT2D eigenvalue weighted by Crippen LogP contribution is -2.33. The molecule has 0 fully saturated rings. The summed E-state index contributed by atoms with van der Waals surface area (Å²) in [6.07, 6.45) is 1.69. The van der Waals surface area contributed by atoms with Gasteiger partial charge in [0.1, 0.15) is 5.69 Å². The van der Waals surface area contributed by atoms with E-state index in [1.165, 1.54) is 0 Å². The first-order chi connectivity index (χ1) is 15.9. The van der Waals surface area contributed by atoms with Crippen LogP contribution in [-0.4, -0.2) is 28.1 Å². The molecule has 2 amide bonds. The Labute approximate surface area is 193 Å². The van der Waals surface area contributed by atoms with E-state index < -0.39 is 0 Å². The smallest absolute Gasteiger partial charge is 0.255 e. The Kier molecular flexibility index (Phi) is 6.36. The summed E-state index contributed by atoms with van der Waals surface area (Å²) < 4.78 is 1.68. The van der Waals surface area contributed by atoms with Gasteiger partial charge < -0.3 is 10.6 Å². The summed E-state index contributed by atoms with van der Waals surface area (Å²) in [7, 11) is 0. The normalized spacial score (nSPS) is 10.6. The largest absolute Gasteiger partial charge is 0.343 e. The number of benzene rings is 3. The van der Waals surface area contributed by atoms with Crippen LogP contribution in [0.4, 0.5) is 5.69 Å². The Hall–Kier alpha value is -4.19. The number of carbonyl (C=O) groups excluding carboxylic acids is 2. The predicted octanol–water partition coefficient (Wildman–Crippen LogP) is 4.83. The molecule has 0 aliphatic carbocycles. The van der Waals surface area contributed by atoms with Crippen molar-refractivity contribution in [1.82, 2.24) is 15.1 Å². The Bertz CT molecular complexity index is 1270. The van der Waals surface area contributed by atoms with E-state index in [0.717, 1.165) is 33.6 Å². The van der Waals surface area contributed by atoms with Crippen LogP contribution in [0.1, 0.15) is 27.0 Å². The van der Waals surface area contributed by atoms with E-state index >= 15 is 0 Å². The van der Waals surface area contributed by atoms with Crippen molar-refractivity contribution in [2.75, 3.05) is 11.9 Å². The molecule has 0 aliphatic heterocycles. The summed E-state index contributed by atoms with van der Waals surface area (Å²) in [4.78, 5) is 25.6. The second-order valence-corrected chi connectivity index (χ2v) is 8.04. The maximum absolute atomic E-state index is 13.1. The number of rotatable bonds is 6.